The first-order chi connectivity index (χ1) is 6.31. The smallest absolute Gasteiger partial charge is 0.211 e. The van der Waals surface area contributed by atoms with Gasteiger partial charge in [-0.25, -0.2) is 4.98 Å². The van der Waals surface area contributed by atoms with E-state index in [0.29, 0.717) is 17.3 Å². The molecule has 2 N–H and O–H groups in total. The lowest BCUT2D eigenvalue weighted by Crippen LogP contribution is -1.90. The van der Waals surface area contributed by atoms with E-state index in [-0.39, 0.29) is 6.61 Å². The van der Waals surface area contributed by atoms with Gasteiger partial charge in [0.1, 0.15) is 12.4 Å². The largest absolute Gasteiger partial charge is 0.455 e. The first kappa shape index (κ1) is 7.88. The van der Waals surface area contributed by atoms with Crippen LogP contribution in [0.5, 0.6) is 0 Å². The Morgan fingerprint density at radius 1 is 1.46 bits per heavy atom. The third-order valence-corrected chi connectivity index (χ3v) is 1.66. The van der Waals surface area contributed by atoms with Crippen LogP contribution in [0.2, 0.25) is 0 Å². The zero-order valence-electron chi connectivity index (χ0n) is 6.71. The molecule has 0 amide bonds. The minimum Gasteiger partial charge on any atom is -0.455 e. The number of rotatable bonds is 2. The molecule has 0 radical (unpaired) electrons. The fraction of sp³-hybridized carbons (Fsp3) is 0.125. The van der Waals surface area contributed by atoms with E-state index in [2.05, 4.69) is 4.98 Å². The molecule has 0 spiro atoms. The van der Waals surface area contributed by atoms with Gasteiger partial charge in [-0.1, -0.05) is 0 Å². The monoisotopic (exact) mass is 180 g/mol. The molecule has 5 heteroatoms. The fourth-order valence-electron chi connectivity index (χ4n) is 1.06. The van der Waals surface area contributed by atoms with Crippen LogP contribution in [-0.2, 0) is 6.61 Å². The van der Waals surface area contributed by atoms with Gasteiger partial charge in [0.25, 0.3) is 0 Å². The number of hydrogen-bond donors (Lipinski definition) is 2. The van der Waals surface area contributed by atoms with E-state index in [4.69, 9.17) is 9.52 Å². The lowest BCUT2D eigenvalue weighted by molar-refractivity contribution is 0.188. The summed E-state index contributed by atoms with van der Waals surface area (Å²) in [6.07, 6.45) is 2.85. The van der Waals surface area contributed by atoms with E-state index >= 15 is 0 Å². The maximum absolute atomic E-state index is 9.22. The fourth-order valence-corrected chi connectivity index (χ4v) is 1.06. The normalized spacial score (nSPS) is 10.5. The minimum atomic E-state index is -0.161. The molecule has 0 aliphatic carbocycles. The summed E-state index contributed by atoms with van der Waals surface area (Å²) >= 11 is 0. The maximum Gasteiger partial charge on any atom is 0.211 e. The molecule has 2 aromatic rings. The topological polar surface area (TPSA) is 71.4 Å². The van der Waals surface area contributed by atoms with Crippen LogP contribution in [0.4, 0.5) is 0 Å². The first-order valence-corrected chi connectivity index (χ1v) is 3.74. The summed E-state index contributed by atoms with van der Waals surface area (Å²) in [7, 11) is 0. The van der Waals surface area contributed by atoms with Gasteiger partial charge in [-0.3, -0.25) is 0 Å². The van der Waals surface area contributed by atoms with Crippen molar-refractivity contribution in [3.05, 3.63) is 30.3 Å². The highest BCUT2D eigenvalue weighted by Crippen LogP contribution is 2.19. The highest BCUT2D eigenvalue weighted by molar-refractivity contribution is 5.47. The lowest BCUT2D eigenvalue weighted by Gasteiger charge is -1.94. The Hall–Kier alpha value is -1.75. The molecule has 13 heavy (non-hydrogen) atoms. The molecule has 0 saturated carbocycles. The van der Waals surface area contributed by atoms with Gasteiger partial charge >= 0.3 is 0 Å². The first-order valence-electron chi connectivity index (χ1n) is 3.74. The van der Waals surface area contributed by atoms with Gasteiger partial charge in [-0.15, -0.1) is 0 Å². The third kappa shape index (κ3) is 1.29. The van der Waals surface area contributed by atoms with Crippen molar-refractivity contribution in [1.82, 2.24) is 9.71 Å². The van der Waals surface area contributed by atoms with Crippen molar-refractivity contribution in [3.8, 4) is 11.6 Å². The van der Waals surface area contributed by atoms with E-state index in [0.717, 1.165) is 4.73 Å². The van der Waals surface area contributed by atoms with Gasteiger partial charge in [0.2, 0.25) is 5.82 Å². The molecule has 0 aliphatic heterocycles. The highest BCUT2D eigenvalue weighted by Gasteiger charge is 2.09. The Morgan fingerprint density at radius 2 is 2.31 bits per heavy atom. The van der Waals surface area contributed by atoms with E-state index in [1.165, 1.54) is 12.4 Å². The standard InChI is InChI=1S/C8H8N2O3/c11-5-6-1-2-7(13-6)8-9-3-4-10(8)12/h1-4,11-12H,5H2. The molecule has 2 rings (SSSR count). The van der Waals surface area contributed by atoms with Crippen LogP contribution in [0.25, 0.3) is 11.6 Å². The number of imidazole rings is 1. The number of furan rings is 1. The van der Waals surface area contributed by atoms with Gasteiger partial charge < -0.3 is 14.7 Å². The molecule has 2 aromatic heterocycles. The second-order valence-corrected chi connectivity index (χ2v) is 2.52. The maximum atomic E-state index is 9.22. The summed E-state index contributed by atoms with van der Waals surface area (Å²) in [5.74, 6) is 1.19. The quantitative estimate of drug-likeness (QED) is 0.673. The average molecular weight is 180 g/mol. The van der Waals surface area contributed by atoms with Crippen LogP contribution in [0.15, 0.2) is 28.9 Å². The van der Waals surface area contributed by atoms with Crippen LogP contribution in [0.1, 0.15) is 5.76 Å². The number of aliphatic hydroxyl groups is 1. The van der Waals surface area contributed by atoms with Crippen LogP contribution in [0.3, 0.4) is 0 Å². The summed E-state index contributed by atoms with van der Waals surface area (Å²) in [6.45, 7) is -0.161. The minimum absolute atomic E-state index is 0.161. The van der Waals surface area contributed by atoms with Crippen LogP contribution >= 0.6 is 0 Å². The van der Waals surface area contributed by atoms with Crippen molar-refractivity contribution in [2.24, 2.45) is 0 Å². The summed E-state index contributed by atoms with van der Waals surface area (Å²) in [6, 6.07) is 3.27. The molecule has 0 aromatic carbocycles. The molecule has 0 saturated heterocycles. The zero-order chi connectivity index (χ0) is 9.26. The summed E-state index contributed by atoms with van der Waals surface area (Å²) in [5, 5.41) is 18.0. The van der Waals surface area contributed by atoms with Crippen molar-refractivity contribution in [2.75, 3.05) is 0 Å². The van der Waals surface area contributed by atoms with Gasteiger partial charge in [-0.05, 0) is 12.1 Å². The van der Waals surface area contributed by atoms with Crippen molar-refractivity contribution >= 4 is 0 Å². The lowest BCUT2D eigenvalue weighted by atomic mass is 10.4. The molecule has 0 bridgehead atoms. The Bertz CT molecular complexity index is 405. The predicted molar refractivity (Wildman–Crippen MR) is 43.0 cm³/mol. The Morgan fingerprint density at radius 3 is 2.85 bits per heavy atom. The second kappa shape index (κ2) is 2.95. The third-order valence-electron chi connectivity index (χ3n) is 1.66. The predicted octanol–water partition coefficient (Wildman–Crippen LogP) is 0.873. The van der Waals surface area contributed by atoms with Gasteiger partial charge in [0, 0.05) is 6.20 Å². The number of nitrogens with zero attached hydrogens (tertiary/aromatic N) is 2. The number of aromatic nitrogens is 2. The Balaban J connectivity index is 2.41. The van der Waals surface area contributed by atoms with E-state index in [9.17, 15) is 5.21 Å². The van der Waals surface area contributed by atoms with Crippen LogP contribution in [0, 0.1) is 0 Å². The number of aliphatic hydroxyl groups excluding tert-OH is 1. The van der Waals surface area contributed by atoms with E-state index in [1.807, 2.05) is 0 Å². The molecule has 68 valence electrons. The van der Waals surface area contributed by atoms with Crippen LogP contribution in [-0.4, -0.2) is 20.0 Å². The van der Waals surface area contributed by atoms with Crippen molar-refractivity contribution in [1.29, 1.82) is 0 Å². The Kier molecular flexibility index (Phi) is 1.79. The average Bonchev–Trinajstić information content (AvgIpc) is 2.71. The van der Waals surface area contributed by atoms with Crippen LogP contribution < -0.4 is 0 Å². The molecular formula is C8H8N2O3. The van der Waals surface area contributed by atoms with E-state index in [1.54, 1.807) is 12.1 Å². The summed E-state index contributed by atoms with van der Waals surface area (Å²) < 4.78 is 6.03. The number of hydrogen-bond acceptors (Lipinski definition) is 4. The molecule has 0 unspecified atom stereocenters. The van der Waals surface area contributed by atoms with E-state index < -0.39 is 0 Å². The molecule has 2 heterocycles. The molecule has 0 atom stereocenters. The summed E-state index contributed by atoms with van der Waals surface area (Å²) in [4.78, 5) is 3.87. The molecule has 0 aliphatic rings. The summed E-state index contributed by atoms with van der Waals surface area (Å²) in [5.41, 5.74) is 0. The molecular weight excluding hydrogens is 172 g/mol. The molecule has 5 nitrogen and oxygen atoms in total. The molecule has 0 fully saturated rings. The van der Waals surface area contributed by atoms with Gasteiger partial charge in [0.15, 0.2) is 5.76 Å². The SMILES string of the molecule is OCc1ccc(-c2nccn2O)o1. The van der Waals surface area contributed by atoms with Gasteiger partial charge in [-0.2, -0.15) is 4.73 Å². The van der Waals surface area contributed by atoms with Gasteiger partial charge in [0.05, 0.1) is 6.20 Å². The second-order valence-electron chi connectivity index (χ2n) is 2.52. The van der Waals surface area contributed by atoms with Crippen molar-refractivity contribution in [3.63, 3.8) is 0 Å². The zero-order valence-corrected chi connectivity index (χ0v) is 6.71. The Labute approximate surface area is 73.8 Å². The van der Waals surface area contributed by atoms with Crippen molar-refractivity contribution in [2.45, 2.75) is 6.61 Å². The highest BCUT2D eigenvalue weighted by atomic mass is 16.5. The van der Waals surface area contributed by atoms with Crippen molar-refractivity contribution < 1.29 is 14.7 Å².